The van der Waals surface area contributed by atoms with E-state index in [-0.39, 0.29) is 6.04 Å². The summed E-state index contributed by atoms with van der Waals surface area (Å²) in [4.78, 5) is 2.67. The number of nitrogens with two attached hydrogens (primary N) is 1. The highest BCUT2D eigenvalue weighted by molar-refractivity contribution is 9.10. The van der Waals surface area contributed by atoms with Gasteiger partial charge in [-0.25, -0.2) is 0 Å². The average molecular weight is 246 g/mol. The second-order valence-electron chi connectivity index (χ2n) is 3.43. The van der Waals surface area contributed by atoms with E-state index >= 15 is 0 Å². The third kappa shape index (κ3) is 1.58. The van der Waals surface area contributed by atoms with Crippen molar-refractivity contribution >= 4 is 27.3 Å². The number of thiophene rings is 1. The first-order valence-electron chi connectivity index (χ1n) is 4.20. The molecule has 1 fully saturated rings. The SMILES string of the molecule is Cc1cc(Br)c(C(N)C2CC2)s1. The average Bonchev–Trinajstić information content (AvgIpc) is 2.77. The van der Waals surface area contributed by atoms with Crippen LogP contribution in [-0.2, 0) is 0 Å². The molecule has 1 aromatic rings. The predicted octanol–water partition coefficient (Wildman–Crippen LogP) is 3.23. The molecule has 0 saturated heterocycles. The van der Waals surface area contributed by atoms with Crippen molar-refractivity contribution in [3.63, 3.8) is 0 Å². The van der Waals surface area contributed by atoms with Crippen LogP contribution in [0.15, 0.2) is 10.5 Å². The Morgan fingerprint density at radius 2 is 2.33 bits per heavy atom. The van der Waals surface area contributed by atoms with Crippen LogP contribution in [0.3, 0.4) is 0 Å². The molecule has 66 valence electrons. The summed E-state index contributed by atoms with van der Waals surface area (Å²) >= 11 is 5.36. The summed E-state index contributed by atoms with van der Waals surface area (Å²) in [6, 6.07) is 2.43. The van der Waals surface area contributed by atoms with Gasteiger partial charge in [-0.2, -0.15) is 0 Å². The van der Waals surface area contributed by atoms with Gasteiger partial charge in [0.15, 0.2) is 0 Å². The van der Waals surface area contributed by atoms with E-state index in [1.165, 1.54) is 27.1 Å². The molecule has 1 aliphatic carbocycles. The molecule has 0 aromatic carbocycles. The summed E-state index contributed by atoms with van der Waals surface area (Å²) in [5.41, 5.74) is 6.09. The third-order valence-electron chi connectivity index (χ3n) is 2.27. The van der Waals surface area contributed by atoms with Crippen LogP contribution in [-0.4, -0.2) is 0 Å². The lowest BCUT2D eigenvalue weighted by molar-refractivity contribution is 0.642. The molecule has 12 heavy (non-hydrogen) atoms. The van der Waals surface area contributed by atoms with Gasteiger partial charge < -0.3 is 5.73 Å². The molecule has 0 aliphatic heterocycles. The van der Waals surface area contributed by atoms with Gasteiger partial charge in [0.05, 0.1) is 0 Å². The van der Waals surface area contributed by atoms with E-state index in [4.69, 9.17) is 5.73 Å². The van der Waals surface area contributed by atoms with Crippen LogP contribution in [0.2, 0.25) is 0 Å². The molecule has 0 radical (unpaired) electrons. The Labute approximate surface area is 85.1 Å². The number of hydrogen-bond donors (Lipinski definition) is 1. The molecule has 3 heteroatoms. The quantitative estimate of drug-likeness (QED) is 0.851. The van der Waals surface area contributed by atoms with Crippen molar-refractivity contribution in [3.8, 4) is 0 Å². The predicted molar refractivity (Wildman–Crippen MR) is 56.4 cm³/mol. The van der Waals surface area contributed by atoms with Crippen molar-refractivity contribution in [2.45, 2.75) is 25.8 Å². The third-order valence-corrected chi connectivity index (χ3v) is 4.34. The van der Waals surface area contributed by atoms with E-state index in [2.05, 4.69) is 28.9 Å². The lowest BCUT2D eigenvalue weighted by atomic mass is 10.2. The van der Waals surface area contributed by atoms with Gasteiger partial charge in [0.1, 0.15) is 0 Å². The lowest BCUT2D eigenvalue weighted by Gasteiger charge is -2.07. The van der Waals surface area contributed by atoms with Gasteiger partial charge in [0.25, 0.3) is 0 Å². The standard InChI is InChI=1S/C9H12BrNS/c1-5-4-7(10)9(12-5)8(11)6-2-3-6/h4,6,8H,2-3,11H2,1H3. The number of halogens is 1. The van der Waals surface area contributed by atoms with Crippen molar-refractivity contribution in [2.24, 2.45) is 11.7 Å². The Morgan fingerprint density at radius 3 is 2.75 bits per heavy atom. The zero-order valence-corrected chi connectivity index (χ0v) is 9.41. The first kappa shape index (κ1) is 8.73. The fourth-order valence-corrected chi connectivity index (χ4v) is 3.41. The summed E-state index contributed by atoms with van der Waals surface area (Å²) in [5, 5.41) is 0. The molecule has 1 heterocycles. The molecular weight excluding hydrogens is 234 g/mol. The largest absolute Gasteiger partial charge is 0.323 e. The zero-order valence-electron chi connectivity index (χ0n) is 7.01. The summed E-state index contributed by atoms with van der Waals surface area (Å²) in [6.07, 6.45) is 2.62. The molecule has 1 atom stereocenters. The second kappa shape index (κ2) is 3.13. The smallest absolute Gasteiger partial charge is 0.0429 e. The minimum absolute atomic E-state index is 0.276. The molecule has 1 unspecified atom stereocenters. The highest BCUT2D eigenvalue weighted by Gasteiger charge is 2.31. The summed E-state index contributed by atoms with van der Waals surface area (Å²) in [5.74, 6) is 0.749. The first-order valence-corrected chi connectivity index (χ1v) is 5.81. The summed E-state index contributed by atoms with van der Waals surface area (Å²) in [7, 11) is 0. The highest BCUT2D eigenvalue weighted by Crippen LogP contribution is 2.44. The normalized spacial score (nSPS) is 19.6. The first-order chi connectivity index (χ1) is 5.68. The monoisotopic (exact) mass is 245 g/mol. The van der Waals surface area contributed by atoms with E-state index in [1.54, 1.807) is 0 Å². The topological polar surface area (TPSA) is 26.0 Å². The Morgan fingerprint density at radius 1 is 1.67 bits per heavy atom. The molecule has 1 aliphatic rings. The molecule has 0 bridgehead atoms. The van der Waals surface area contributed by atoms with Crippen LogP contribution in [0.4, 0.5) is 0 Å². The number of hydrogen-bond acceptors (Lipinski definition) is 2. The van der Waals surface area contributed by atoms with E-state index in [1.807, 2.05) is 11.3 Å². The molecule has 0 spiro atoms. The van der Waals surface area contributed by atoms with Crippen molar-refractivity contribution < 1.29 is 0 Å². The summed E-state index contributed by atoms with van der Waals surface area (Å²) < 4.78 is 1.20. The van der Waals surface area contributed by atoms with Crippen molar-refractivity contribution in [3.05, 3.63) is 20.3 Å². The summed E-state index contributed by atoms with van der Waals surface area (Å²) in [6.45, 7) is 2.12. The van der Waals surface area contributed by atoms with Crippen molar-refractivity contribution in [2.75, 3.05) is 0 Å². The van der Waals surface area contributed by atoms with Crippen LogP contribution in [0.5, 0.6) is 0 Å². The van der Waals surface area contributed by atoms with Crippen LogP contribution >= 0.6 is 27.3 Å². The van der Waals surface area contributed by atoms with Gasteiger partial charge in [-0.1, -0.05) is 0 Å². The Kier molecular flexibility index (Phi) is 2.27. The fourth-order valence-electron chi connectivity index (χ4n) is 1.40. The zero-order chi connectivity index (χ0) is 8.72. The van der Waals surface area contributed by atoms with Crippen molar-refractivity contribution in [1.82, 2.24) is 0 Å². The molecule has 2 rings (SSSR count). The minimum Gasteiger partial charge on any atom is -0.323 e. The molecule has 1 saturated carbocycles. The molecule has 1 nitrogen and oxygen atoms in total. The maximum Gasteiger partial charge on any atom is 0.0429 e. The lowest BCUT2D eigenvalue weighted by Crippen LogP contribution is -2.10. The van der Waals surface area contributed by atoms with Crippen LogP contribution in [0, 0.1) is 12.8 Å². The molecule has 0 amide bonds. The van der Waals surface area contributed by atoms with Gasteiger partial charge >= 0.3 is 0 Å². The minimum atomic E-state index is 0.276. The van der Waals surface area contributed by atoms with Crippen molar-refractivity contribution in [1.29, 1.82) is 0 Å². The molecule has 1 aromatic heterocycles. The van der Waals surface area contributed by atoms with E-state index in [9.17, 15) is 0 Å². The van der Waals surface area contributed by atoms with E-state index in [0.29, 0.717) is 0 Å². The molecular formula is C9H12BrNS. The highest BCUT2D eigenvalue weighted by atomic mass is 79.9. The number of rotatable bonds is 2. The Bertz CT molecular complexity index is 291. The Hall–Kier alpha value is 0.140. The Balaban J connectivity index is 2.25. The second-order valence-corrected chi connectivity index (χ2v) is 5.57. The van der Waals surface area contributed by atoms with E-state index in [0.717, 1.165) is 5.92 Å². The maximum atomic E-state index is 6.09. The van der Waals surface area contributed by atoms with Crippen LogP contribution in [0.1, 0.15) is 28.6 Å². The van der Waals surface area contributed by atoms with Gasteiger partial charge in [-0.3, -0.25) is 0 Å². The molecule has 2 N–H and O–H groups in total. The van der Waals surface area contributed by atoms with Gasteiger partial charge in [0, 0.05) is 20.3 Å². The van der Waals surface area contributed by atoms with Gasteiger partial charge in [0.2, 0.25) is 0 Å². The fraction of sp³-hybridized carbons (Fsp3) is 0.556. The number of aryl methyl sites for hydroxylation is 1. The maximum absolute atomic E-state index is 6.09. The van der Waals surface area contributed by atoms with Crippen LogP contribution in [0.25, 0.3) is 0 Å². The van der Waals surface area contributed by atoms with E-state index < -0.39 is 0 Å². The van der Waals surface area contributed by atoms with Gasteiger partial charge in [-0.15, -0.1) is 11.3 Å². The van der Waals surface area contributed by atoms with Crippen LogP contribution < -0.4 is 5.73 Å². The van der Waals surface area contributed by atoms with Gasteiger partial charge in [-0.05, 0) is 47.7 Å².